The Morgan fingerprint density at radius 3 is 2.59 bits per heavy atom. The first-order valence-electron chi connectivity index (χ1n) is 7.70. The highest BCUT2D eigenvalue weighted by Gasteiger charge is 2.27. The van der Waals surface area contributed by atoms with Crippen LogP contribution in [0.15, 0.2) is 42.5 Å². The van der Waals surface area contributed by atoms with Gasteiger partial charge in [0.1, 0.15) is 5.82 Å². The number of halogens is 1. The third-order valence-electron chi connectivity index (χ3n) is 4.57. The molecular formula is C18H18FN3. The van der Waals surface area contributed by atoms with E-state index in [4.69, 9.17) is 0 Å². The Balaban J connectivity index is 1.70. The fraction of sp³-hybridized carbons (Fsp3) is 0.278. The van der Waals surface area contributed by atoms with E-state index >= 15 is 0 Å². The van der Waals surface area contributed by atoms with Crippen LogP contribution < -0.4 is 0 Å². The van der Waals surface area contributed by atoms with Crippen molar-refractivity contribution < 1.29 is 4.39 Å². The van der Waals surface area contributed by atoms with Crippen molar-refractivity contribution in [3.8, 4) is 0 Å². The van der Waals surface area contributed by atoms with Gasteiger partial charge in [-0.05, 0) is 29.7 Å². The van der Waals surface area contributed by atoms with Crippen LogP contribution in [0.2, 0.25) is 0 Å². The molecule has 4 heteroatoms. The van der Waals surface area contributed by atoms with Gasteiger partial charge in [0.2, 0.25) is 0 Å². The van der Waals surface area contributed by atoms with Gasteiger partial charge in [-0.3, -0.25) is 10.00 Å². The molecule has 1 aliphatic heterocycles. The van der Waals surface area contributed by atoms with Gasteiger partial charge in [-0.15, -0.1) is 0 Å². The predicted molar refractivity (Wildman–Crippen MR) is 84.8 cm³/mol. The minimum atomic E-state index is -0.243. The van der Waals surface area contributed by atoms with Crippen molar-refractivity contribution in [1.29, 1.82) is 0 Å². The third kappa shape index (κ3) is 2.11. The number of nitrogens with one attached hydrogen (secondary N) is 1. The molecule has 1 aliphatic rings. The summed E-state index contributed by atoms with van der Waals surface area (Å²) in [6, 6.07) is 13.7. The Morgan fingerprint density at radius 2 is 1.91 bits per heavy atom. The highest BCUT2D eigenvalue weighted by Crippen LogP contribution is 2.35. The van der Waals surface area contributed by atoms with E-state index in [0.717, 1.165) is 30.6 Å². The summed E-state index contributed by atoms with van der Waals surface area (Å²) in [7, 11) is 0. The first-order valence-corrected chi connectivity index (χ1v) is 7.70. The standard InChI is InChI=1S/C18H18FN3/c1-2-17(22-10-12-5-3-4-6-13(12)11-22)18-15-8-7-14(19)9-16(15)20-21-18/h3-9,17H,2,10-11H2,1H3,(H,20,21). The van der Waals surface area contributed by atoms with Gasteiger partial charge in [0, 0.05) is 24.5 Å². The zero-order valence-electron chi connectivity index (χ0n) is 12.5. The van der Waals surface area contributed by atoms with Crippen LogP contribution in [0.1, 0.15) is 36.2 Å². The maximum atomic E-state index is 13.3. The van der Waals surface area contributed by atoms with Crippen LogP contribution in [0.4, 0.5) is 4.39 Å². The van der Waals surface area contributed by atoms with E-state index < -0.39 is 0 Å². The van der Waals surface area contributed by atoms with Crippen molar-refractivity contribution in [2.75, 3.05) is 0 Å². The number of benzene rings is 2. The summed E-state index contributed by atoms with van der Waals surface area (Å²) in [4.78, 5) is 2.46. The van der Waals surface area contributed by atoms with Gasteiger partial charge in [0.25, 0.3) is 0 Å². The van der Waals surface area contributed by atoms with Gasteiger partial charge >= 0.3 is 0 Å². The number of hydrogen-bond acceptors (Lipinski definition) is 2. The molecule has 0 saturated carbocycles. The molecule has 0 bridgehead atoms. The van der Waals surface area contributed by atoms with E-state index in [0.29, 0.717) is 5.52 Å². The summed E-state index contributed by atoms with van der Waals surface area (Å²) in [5, 5.41) is 8.43. The largest absolute Gasteiger partial charge is 0.286 e. The molecule has 2 aromatic carbocycles. The lowest BCUT2D eigenvalue weighted by atomic mass is 10.1. The van der Waals surface area contributed by atoms with Crippen molar-refractivity contribution >= 4 is 10.9 Å². The molecular weight excluding hydrogens is 277 g/mol. The van der Waals surface area contributed by atoms with Crippen LogP contribution in [0.5, 0.6) is 0 Å². The summed E-state index contributed by atoms with van der Waals surface area (Å²) in [6.45, 7) is 4.09. The summed E-state index contributed by atoms with van der Waals surface area (Å²) in [5.74, 6) is -0.243. The van der Waals surface area contributed by atoms with E-state index in [2.05, 4.69) is 46.3 Å². The number of hydrogen-bond donors (Lipinski definition) is 1. The minimum Gasteiger partial charge on any atom is -0.286 e. The Bertz CT molecular complexity index is 799. The number of aromatic nitrogens is 2. The van der Waals surface area contributed by atoms with Crippen LogP contribution in [-0.4, -0.2) is 15.1 Å². The fourth-order valence-corrected chi connectivity index (χ4v) is 3.48. The molecule has 4 rings (SSSR count). The van der Waals surface area contributed by atoms with Crippen LogP contribution in [0, 0.1) is 5.82 Å². The summed E-state index contributed by atoms with van der Waals surface area (Å²) in [6.07, 6.45) is 0.989. The molecule has 1 atom stereocenters. The molecule has 2 heterocycles. The average molecular weight is 295 g/mol. The van der Waals surface area contributed by atoms with E-state index in [-0.39, 0.29) is 11.9 Å². The van der Waals surface area contributed by atoms with Gasteiger partial charge in [-0.2, -0.15) is 5.10 Å². The molecule has 22 heavy (non-hydrogen) atoms. The Labute approximate surface area is 128 Å². The Kier molecular flexibility index (Phi) is 3.19. The Morgan fingerprint density at radius 1 is 1.18 bits per heavy atom. The first kappa shape index (κ1) is 13.5. The van der Waals surface area contributed by atoms with Gasteiger partial charge in [-0.1, -0.05) is 31.2 Å². The second-order valence-corrected chi connectivity index (χ2v) is 5.90. The number of rotatable bonds is 3. The van der Waals surface area contributed by atoms with E-state index in [1.807, 2.05) is 6.07 Å². The quantitative estimate of drug-likeness (QED) is 0.786. The second-order valence-electron chi connectivity index (χ2n) is 5.90. The number of nitrogens with zero attached hydrogens (tertiary/aromatic N) is 2. The highest BCUT2D eigenvalue weighted by molar-refractivity contribution is 5.81. The minimum absolute atomic E-state index is 0.243. The topological polar surface area (TPSA) is 31.9 Å². The molecule has 3 aromatic rings. The van der Waals surface area contributed by atoms with Gasteiger partial charge in [0.05, 0.1) is 17.3 Å². The van der Waals surface area contributed by atoms with E-state index in [1.54, 1.807) is 0 Å². The van der Waals surface area contributed by atoms with Crippen LogP contribution in [0.25, 0.3) is 10.9 Å². The molecule has 3 nitrogen and oxygen atoms in total. The molecule has 112 valence electrons. The summed E-state index contributed by atoms with van der Waals surface area (Å²) >= 11 is 0. The molecule has 1 aromatic heterocycles. The maximum Gasteiger partial charge on any atom is 0.125 e. The van der Waals surface area contributed by atoms with Crippen molar-refractivity contribution in [2.24, 2.45) is 0 Å². The zero-order chi connectivity index (χ0) is 15.1. The zero-order valence-corrected chi connectivity index (χ0v) is 12.5. The normalized spacial score (nSPS) is 16.1. The monoisotopic (exact) mass is 295 g/mol. The SMILES string of the molecule is CCC(c1[nH]nc2cc(F)ccc12)N1Cc2ccccc2C1. The molecule has 0 amide bonds. The highest BCUT2D eigenvalue weighted by atomic mass is 19.1. The van der Waals surface area contributed by atoms with Crippen molar-refractivity contribution in [3.05, 3.63) is 65.1 Å². The lowest BCUT2D eigenvalue weighted by Crippen LogP contribution is -2.23. The first-order chi connectivity index (χ1) is 10.8. The summed E-state index contributed by atoms with van der Waals surface area (Å²) < 4.78 is 13.3. The fourth-order valence-electron chi connectivity index (χ4n) is 3.48. The molecule has 1 N–H and O–H groups in total. The molecule has 1 unspecified atom stereocenters. The average Bonchev–Trinajstić information content (AvgIpc) is 3.12. The third-order valence-corrected chi connectivity index (χ3v) is 4.57. The lowest BCUT2D eigenvalue weighted by molar-refractivity contribution is 0.192. The number of fused-ring (bicyclic) bond motifs is 2. The van der Waals surface area contributed by atoms with Crippen LogP contribution in [-0.2, 0) is 13.1 Å². The number of aromatic amines is 1. The predicted octanol–water partition coefficient (Wildman–Crippen LogP) is 4.17. The van der Waals surface area contributed by atoms with Gasteiger partial charge in [-0.25, -0.2) is 4.39 Å². The summed E-state index contributed by atoms with van der Waals surface area (Å²) in [5.41, 5.74) is 4.59. The maximum absolute atomic E-state index is 13.3. The van der Waals surface area contributed by atoms with Crippen molar-refractivity contribution in [3.63, 3.8) is 0 Å². The smallest absolute Gasteiger partial charge is 0.125 e. The van der Waals surface area contributed by atoms with E-state index in [1.165, 1.54) is 23.3 Å². The van der Waals surface area contributed by atoms with Gasteiger partial charge < -0.3 is 0 Å². The van der Waals surface area contributed by atoms with Crippen LogP contribution in [0.3, 0.4) is 0 Å². The Hall–Kier alpha value is -2.20. The van der Waals surface area contributed by atoms with E-state index in [9.17, 15) is 4.39 Å². The van der Waals surface area contributed by atoms with Crippen molar-refractivity contribution in [2.45, 2.75) is 32.5 Å². The number of H-pyrrole nitrogens is 1. The van der Waals surface area contributed by atoms with Crippen LogP contribution >= 0.6 is 0 Å². The molecule has 0 aliphatic carbocycles. The molecule has 0 fully saturated rings. The van der Waals surface area contributed by atoms with Gasteiger partial charge in [0.15, 0.2) is 0 Å². The molecule has 0 saturated heterocycles. The molecule has 0 spiro atoms. The lowest BCUT2D eigenvalue weighted by Gasteiger charge is -2.25. The van der Waals surface area contributed by atoms with Crippen molar-refractivity contribution in [1.82, 2.24) is 15.1 Å². The second kappa shape index (κ2) is 5.21. The molecule has 0 radical (unpaired) electrons.